The lowest BCUT2D eigenvalue weighted by Crippen LogP contribution is -2.06. The summed E-state index contributed by atoms with van der Waals surface area (Å²) < 4.78 is 6.07. The fourth-order valence-corrected chi connectivity index (χ4v) is 2.75. The van der Waals surface area contributed by atoms with E-state index in [2.05, 4.69) is 15.9 Å². The van der Waals surface area contributed by atoms with E-state index in [1.165, 1.54) is 12.3 Å². The highest BCUT2D eigenvalue weighted by molar-refractivity contribution is 9.10. The highest BCUT2D eigenvalue weighted by Gasteiger charge is 2.12. The summed E-state index contributed by atoms with van der Waals surface area (Å²) in [5, 5.41) is 19.3. The van der Waals surface area contributed by atoms with Gasteiger partial charge in [0, 0.05) is 0 Å². The normalized spacial score (nSPS) is 11.0. The molecule has 0 saturated heterocycles. The topological polar surface area (TPSA) is 70.7 Å². The predicted molar refractivity (Wildman–Crippen MR) is 87.9 cm³/mol. The standard InChI is InChI=1S/C17H13BrO4/c1-9-4-12-16(6-11(9)7-19)22-8-13(17(12)21)10-2-3-15(20)14(18)5-10/h2-6,8,19-20H,7H2,1H3. The van der Waals surface area contributed by atoms with Crippen LogP contribution in [-0.2, 0) is 6.61 Å². The molecule has 0 amide bonds. The summed E-state index contributed by atoms with van der Waals surface area (Å²) in [6.45, 7) is 1.74. The van der Waals surface area contributed by atoms with Gasteiger partial charge in [0.05, 0.1) is 22.0 Å². The van der Waals surface area contributed by atoms with E-state index in [-0.39, 0.29) is 17.8 Å². The molecule has 0 aliphatic carbocycles. The summed E-state index contributed by atoms with van der Waals surface area (Å²) in [5.74, 6) is 0.109. The maximum atomic E-state index is 12.7. The van der Waals surface area contributed by atoms with E-state index >= 15 is 0 Å². The maximum Gasteiger partial charge on any atom is 0.200 e. The maximum absolute atomic E-state index is 12.7. The van der Waals surface area contributed by atoms with Crippen LogP contribution in [-0.4, -0.2) is 10.2 Å². The summed E-state index contributed by atoms with van der Waals surface area (Å²) in [5.41, 5.74) is 2.95. The Balaban J connectivity index is 2.26. The first-order valence-corrected chi connectivity index (χ1v) is 7.45. The molecular formula is C17H13BrO4. The molecule has 0 spiro atoms. The zero-order valence-electron chi connectivity index (χ0n) is 11.8. The molecule has 2 N–H and O–H groups in total. The second-order valence-corrected chi connectivity index (χ2v) is 5.93. The van der Waals surface area contributed by atoms with Crippen molar-refractivity contribution >= 4 is 26.9 Å². The second-order valence-electron chi connectivity index (χ2n) is 5.08. The Morgan fingerprint density at radius 2 is 2.00 bits per heavy atom. The largest absolute Gasteiger partial charge is 0.507 e. The van der Waals surface area contributed by atoms with Gasteiger partial charge in [0.2, 0.25) is 0 Å². The molecule has 0 fully saturated rings. The quantitative estimate of drug-likeness (QED) is 0.730. The molecule has 4 nitrogen and oxygen atoms in total. The van der Waals surface area contributed by atoms with Gasteiger partial charge < -0.3 is 14.6 Å². The van der Waals surface area contributed by atoms with Gasteiger partial charge >= 0.3 is 0 Å². The summed E-state index contributed by atoms with van der Waals surface area (Å²) in [4.78, 5) is 12.7. The molecule has 112 valence electrons. The Hall–Kier alpha value is -2.11. The number of hydrogen-bond donors (Lipinski definition) is 2. The minimum atomic E-state index is -0.147. The summed E-state index contributed by atoms with van der Waals surface area (Å²) in [6, 6.07) is 8.26. The first kappa shape index (κ1) is 14.8. The van der Waals surface area contributed by atoms with Crippen LogP contribution >= 0.6 is 15.9 Å². The number of aromatic hydroxyl groups is 1. The molecule has 1 heterocycles. The zero-order chi connectivity index (χ0) is 15.9. The third-order valence-corrected chi connectivity index (χ3v) is 4.30. The number of halogens is 1. The number of phenols is 1. The van der Waals surface area contributed by atoms with Crippen molar-refractivity contribution in [3.63, 3.8) is 0 Å². The average molecular weight is 361 g/mol. The van der Waals surface area contributed by atoms with E-state index in [0.29, 0.717) is 26.6 Å². The van der Waals surface area contributed by atoms with Crippen LogP contribution in [0.1, 0.15) is 11.1 Å². The molecule has 2 aromatic carbocycles. The number of aliphatic hydroxyl groups excluding tert-OH is 1. The molecule has 3 aromatic rings. The van der Waals surface area contributed by atoms with Gasteiger partial charge in [-0.2, -0.15) is 0 Å². The van der Waals surface area contributed by atoms with Crippen molar-refractivity contribution in [3.05, 3.63) is 62.4 Å². The first-order chi connectivity index (χ1) is 10.5. The molecule has 5 heteroatoms. The van der Waals surface area contributed by atoms with E-state index < -0.39 is 0 Å². The summed E-state index contributed by atoms with van der Waals surface area (Å²) >= 11 is 3.24. The molecule has 0 radical (unpaired) electrons. The van der Waals surface area contributed by atoms with Crippen molar-refractivity contribution in [2.75, 3.05) is 0 Å². The number of aliphatic hydroxyl groups is 1. The molecule has 0 unspecified atom stereocenters. The SMILES string of the molecule is Cc1cc2c(=O)c(-c3ccc(O)c(Br)c3)coc2cc1CO. The fraction of sp³-hybridized carbons (Fsp3) is 0.118. The van der Waals surface area contributed by atoms with Crippen LogP contribution in [0.15, 0.2) is 50.3 Å². The number of aryl methyl sites for hydroxylation is 1. The molecule has 0 aliphatic heterocycles. The van der Waals surface area contributed by atoms with Crippen LogP contribution in [0, 0.1) is 6.92 Å². The van der Waals surface area contributed by atoms with Crippen molar-refractivity contribution < 1.29 is 14.6 Å². The van der Waals surface area contributed by atoms with Crippen LogP contribution in [0.4, 0.5) is 0 Å². The van der Waals surface area contributed by atoms with Gasteiger partial charge in [0.1, 0.15) is 17.6 Å². The van der Waals surface area contributed by atoms with E-state index in [4.69, 9.17) is 4.42 Å². The van der Waals surface area contributed by atoms with Gasteiger partial charge in [0.15, 0.2) is 5.43 Å². The van der Waals surface area contributed by atoms with Crippen LogP contribution in [0.2, 0.25) is 0 Å². The molecule has 1 aromatic heterocycles. The van der Waals surface area contributed by atoms with Crippen LogP contribution in [0.3, 0.4) is 0 Å². The summed E-state index contributed by atoms with van der Waals surface area (Å²) in [6.07, 6.45) is 1.40. The third kappa shape index (κ3) is 2.42. The molecule has 0 atom stereocenters. The van der Waals surface area contributed by atoms with Crippen LogP contribution < -0.4 is 5.43 Å². The number of rotatable bonds is 2. The van der Waals surface area contributed by atoms with Gasteiger partial charge in [-0.15, -0.1) is 0 Å². The van der Waals surface area contributed by atoms with Crippen molar-refractivity contribution in [3.8, 4) is 16.9 Å². The monoisotopic (exact) mass is 360 g/mol. The van der Waals surface area contributed by atoms with Crippen LogP contribution in [0.25, 0.3) is 22.1 Å². The van der Waals surface area contributed by atoms with Gasteiger partial charge in [-0.05, 0) is 63.8 Å². The number of phenolic OH excluding ortho intramolecular Hbond substituents is 1. The number of benzene rings is 2. The van der Waals surface area contributed by atoms with Crippen molar-refractivity contribution in [1.29, 1.82) is 0 Å². The Labute approximate surface area is 134 Å². The predicted octanol–water partition coefficient (Wildman–Crippen LogP) is 3.73. The Morgan fingerprint density at radius 3 is 2.68 bits per heavy atom. The second kappa shape index (κ2) is 5.59. The lowest BCUT2D eigenvalue weighted by molar-refractivity contribution is 0.281. The van der Waals surface area contributed by atoms with Gasteiger partial charge in [-0.1, -0.05) is 6.07 Å². The Morgan fingerprint density at radius 1 is 1.23 bits per heavy atom. The molecule has 22 heavy (non-hydrogen) atoms. The fourth-order valence-electron chi connectivity index (χ4n) is 2.37. The average Bonchev–Trinajstić information content (AvgIpc) is 2.51. The van der Waals surface area contributed by atoms with E-state index in [0.717, 1.165) is 11.1 Å². The number of hydrogen-bond acceptors (Lipinski definition) is 4. The molecular weight excluding hydrogens is 348 g/mol. The van der Waals surface area contributed by atoms with Crippen molar-refractivity contribution in [2.24, 2.45) is 0 Å². The van der Waals surface area contributed by atoms with Gasteiger partial charge in [-0.3, -0.25) is 4.79 Å². The lowest BCUT2D eigenvalue weighted by Gasteiger charge is -2.07. The van der Waals surface area contributed by atoms with Crippen molar-refractivity contribution in [1.82, 2.24) is 0 Å². The molecule has 3 rings (SSSR count). The minimum Gasteiger partial charge on any atom is -0.507 e. The van der Waals surface area contributed by atoms with Crippen molar-refractivity contribution in [2.45, 2.75) is 13.5 Å². The van der Waals surface area contributed by atoms with E-state index in [1.807, 2.05) is 6.92 Å². The summed E-state index contributed by atoms with van der Waals surface area (Å²) in [7, 11) is 0. The Kier molecular flexibility index (Phi) is 3.76. The first-order valence-electron chi connectivity index (χ1n) is 6.66. The van der Waals surface area contributed by atoms with E-state index in [1.54, 1.807) is 24.3 Å². The number of fused-ring (bicyclic) bond motifs is 1. The van der Waals surface area contributed by atoms with E-state index in [9.17, 15) is 15.0 Å². The highest BCUT2D eigenvalue weighted by atomic mass is 79.9. The minimum absolute atomic E-state index is 0.0991. The Bertz CT molecular complexity index is 928. The lowest BCUT2D eigenvalue weighted by atomic mass is 10.0. The zero-order valence-corrected chi connectivity index (χ0v) is 13.3. The van der Waals surface area contributed by atoms with Gasteiger partial charge in [-0.25, -0.2) is 0 Å². The third-order valence-electron chi connectivity index (χ3n) is 3.66. The highest BCUT2D eigenvalue weighted by Crippen LogP contribution is 2.29. The molecule has 0 bridgehead atoms. The molecule has 0 saturated carbocycles. The molecule has 0 aliphatic rings. The van der Waals surface area contributed by atoms with Crippen LogP contribution in [0.5, 0.6) is 5.75 Å². The van der Waals surface area contributed by atoms with Gasteiger partial charge in [0.25, 0.3) is 0 Å². The smallest absolute Gasteiger partial charge is 0.200 e.